The van der Waals surface area contributed by atoms with Gasteiger partial charge in [-0.25, -0.2) is 19.5 Å². The van der Waals surface area contributed by atoms with Crippen LogP contribution in [0.3, 0.4) is 0 Å². The largest absolute Gasteiger partial charge is 0.348 e. The summed E-state index contributed by atoms with van der Waals surface area (Å²) in [5, 5.41) is 8.34. The van der Waals surface area contributed by atoms with Crippen molar-refractivity contribution >= 4 is 28.8 Å². The van der Waals surface area contributed by atoms with Crippen molar-refractivity contribution in [2.24, 2.45) is 0 Å². The lowest BCUT2D eigenvalue weighted by molar-refractivity contribution is 0.0945. The summed E-state index contributed by atoms with van der Waals surface area (Å²) in [6, 6.07) is 5.72. The maximum absolute atomic E-state index is 12.3. The lowest BCUT2D eigenvalue weighted by Gasteiger charge is -2.34. The van der Waals surface area contributed by atoms with Gasteiger partial charge in [-0.15, -0.1) is 0 Å². The number of imidazole rings is 1. The maximum Gasteiger partial charge on any atom is 0.271 e. The second kappa shape index (κ2) is 7.05. The Kier molecular flexibility index (Phi) is 4.17. The number of carbonyl (C=O) groups is 1. The highest BCUT2D eigenvalue weighted by Crippen LogP contribution is 2.36. The van der Waals surface area contributed by atoms with E-state index in [1.165, 1.54) is 6.20 Å². The molecule has 6 rings (SSSR count). The average molecular weight is 435 g/mol. The van der Waals surface area contributed by atoms with Crippen LogP contribution in [0.25, 0.3) is 5.52 Å². The number of aromatic amines is 1. The van der Waals surface area contributed by atoms with E-state index in [2.05, 4.69) is 30.2 Å². The molecule has 1 saturated carbocycles. The van der Waals surface area contributed by atoms with Gasteiger partial charge in [0.25, 0.3) is 5.91 Å². The molecular formula is C21H19ClN8O. The van der Waals surface area contributed by atoms with Gasteiger partial charge in [-0.3, -0.25) is 4.79 Å². The molecule has 1 atom stereocenters. The van der Waals surface area contributed by atoms with E-state index in [9.17, 15) is 4.79 Å². The number of carbonyl (C=O) groups excluding carboxylic acids is 1. The standard InChI is InChI=1S/C21H19ClN8O/c22-13-2-1-6-30-17(13)8-15(28-30)20-19-14(25-11-26-19)5-7-29(20)18-10-23-16(9-24-18)21(31)27-12-3-4-12/h1-2,6,8-12,20H,3-5,7H2,(H,25,26)(H,27,31)/t20-/m1/s1. The second-order valence-electron chi connectivity index (χ2n) is 7.87. The predicted molar refractivity (Wildman–Crippen MR) is 114 cm³/mol. The Morgan fingerprint density at radius 3 is 2.90 bits per heavy atom. The Balaban J connectivity index is 1.38. The van der Waals surface area contributed by atoms with Crippen molar-refractivity contribution in [1.29, 1.82) is 0 Å². The zero-order valence-corrected chi connectivity index (χ0v) is 17.3. The Hall–Kier alpha value is -3.46. The molecule has 1 amide bonds. The van der Waals surface area contributed by atoms with Crippen LogP contribution in [0.4, 0.5) is 5.82 Å². The fourth-order valence-electron chi connectivity index (χ4n) is 4.03. The average Bonchev–Trinajstić information content (AvgIpc) is 3.29. The van der Waals surface area contributed by atoms with Crippen molar-refractivity contribution in [1.82, 2.24) is 34.9 Å². The summed E-state index contributed by atoms with van der Waals surface area (Å²) >= 11 is 6.37. The first-order valence-electron chi connectivity index (χ1n) is 10.2. The first-order valence-corrected chi connectivity index (χ1v) is 10.6. The Morgan fingerprint density at radius 1 is 1.23 bits per heavy atom. The number of nitrogens with one attached hydrogen (secondary N) is 2. The lowest BCUT2D eigenvalue weighted by atomic mass is 10.00. The minimum Gasteiger partial charge on any atom is -0.348 e. The molecule has 0 aromatic carbocycles. The van der Waals surface area contributed by atoms with Gasteiger partial charge in [-0.2, -0.15) is 5.10 Å². The van der Waals surface area contributed by atoms with Gasteiger partial charge >= 0.3 is 0 Å². The van der Waals surface area contributed by atoms with E-state index < -0.39 is 0 Å². The molecule has 0 unspecified atom stereocenters. The van der Waals surface area contributed by atoms with Crippen LogP contribution in [-0.2, 0) is 6.42 Å². The van der Waals surface area contributed by atoms with E-state index in [0.29, 0.717) is 23.1 Å². The van der Waals surface area contributed by atoms with Crippen LogP contribution >= 0.6 is 11.6 Å². The van der Waals surface area contributed by atoms with Crippen LogP contribution in [-0.4, -0.2) is 48.0 Å². The van der Waals surface area contributed by atoms with Crippen molar-refractivity contribution in [3.05, 3.63) is 70.9 Å². The highest BCUT2D eigenvalue weighted by atomic mass is 35.5. The molecular weight excluding hydrogens is 416 g/mol. The molecule has 0 radical (unpaired) electrons. The van der Waals surface area contributed by atoms with Crippen LogP contribution < -0.4 is 10.2 Å². The van der Waals surface area contributed by atoms with E-state index in [1.807, 2.05) is 24.4 Å². The number of nitrogens with zero attached hydrogens (tertiary/aromatic N) is 6. The summed E-state index contributed by atoms with van der Waals surface area (Å²) in [5.41, 5.74) is 3.96. The summed E-state index contributed by atoms with van der Waals surface area (Å²) in [6.07, 6.45) is 9.62. The molecule has 2 N–H and O–H groups in total. The van der Waals surface area contributed by atoms with Gasteiger partial charge in [0.2, 0.25) is 0 Å². The fourth-order valence-corrected chi connectivity index (χ4v) is 4.24. The van der Waals surface area contributed by atoms with Gasteiger partial charge < -0.3 is 15.2 Å². The molecule has 31 heavy (non-hydrogen) atoms. The van der Waals surface area contributed by atoms with Crippen LogP contribution in [0.5, 0.6) is 0 Å². The molecule has 1 fully saturated rings. The Morgan fingerprint density at radius 2 is 2.13 bits per heavy atom. The summed E-state index contributed by atoms with van der Waals surface area (Å²) in [4.78, 5) is 31.1. The van der Waals surface area contributed by atoms with E-state index in [-0.39, 0.29) is 18.0 Å². The number of anilines is 1. The highest BCUT2D eigenvalue weighted by Gasteiger charge is 2.34. The molecule has 9 nitrogen and oxygen atoms in total. The van der Waals surface area contributed by atoms with Gasteiger partial charge in [0.1, 0.15) is 17.6 Å². The molecule has 0 saturated heterocycles. The monoisotopic (exact) mass is 434 g/mol. The quantitative estimate of drug-likeness (QED) is 0.511. The summed E-state index contributed by atoms with van der Waals surface area (Å²) in [7, 11) is 0. The van der Waals surface area contributed by atoms with Gasteiger partial charge in [-0.05, 0) is 31.0 Å². The molecule has 5 heterocycles. The Labute approximate surface area is 182 Å². The molecule has 156 valence electrons. The van der Waals surface area contributed by atoms with Crippen molar-refractivity contribution in [2.75, 3.05) is 11.4 Å². The van der Waals surface area contributed by atoms with E-state index >= 15 is 0 Å². The lowest BCUT2D eigenvalue weighted by Crippen LogP contribution is -2.37. The summed E-state index contributed by atoms with van der Waals surface area (Å²) in [6.45, 7) is 0.712. The number of H-pyrrole nitrogens is 1. The fraction of sp³-hybridized carbons (Fsp3) is 0.286. The van der Waals surface area contributed by atoms with Crippen molar-refractivity contribution in [3.8, 4) is 0 Å². The van der Waals surface area contributed by atoms with Crippen molar-refractivity contribution in [3.63, 3.8) is 0 Å². The number of halogens is 1. The number of amides is 1. The third-order valence-electron chi connectivity index (χ3n) is 5.75. The first kappa shape index (κ1) is 18.3. The third-order valence-corrected chi connectivity index (χ3v) is 6.07. The SMILES string of the molecule is O=C(NC1CC1)c1cnc(N2CCc3[nH]cnc3[C@H]2c2cc3c(Cl)cccn3n2)cn1. The van der Waals surface area contributed by atoms with Crippen LogP contribution in [0.15, 0.2) is 43.1 Å². The first-order chi connectivity index (χ1) is 15.2. The number of hydrogen-bond donors (Lipinski definition) is 2. The number of hydrogen-bond acceptors (Lipinski definition) is 6. The van der Waals surface area contributed by atoms with E-state index in [4.69, 9.17) is 16.7 Å². The molecule has 1 aliphatic heterocycles. The van der Waals surface area contributed by atoms with Crippen LogP contribution in [0, 0.1) is 0 Å². The van der Waals surface area contributed by atoms with Gasteiger partial charge in [0.15, 0.2) is 0 Å². The summed E-state index contributed by atoms with van der Waals surface area (Å²) < 4.78 is 1.77. The summed E-state index contributed by atoms with van der Waals surface area (Å²) in [5.74, 6) is 0.492. The maximum atomic E-state index is 12.3. The Bertz CT molecular complexity index is 1280. The van der Waals surface area contributed by atoms with E-state index in [1.54, 1.807) is 17.0 Å². The second-order valence-corrected chi connectivity index (χ2v) is 8.28. The molecule has 4 aromatic heterocycles. The molecule has 0 bridgehead atoms. The minimum atomic E-state index is -0.244. The number of fused-ring (bicyclic) bond motifs is 2. The molecule has 2 aliphatic rings. The highest BCUT2D eigenvalue weighted by molar-refractivity contribution is 6.33. The molecule has 10 heteroatoms. The number of rotatable bonds is 4. The van der Waals surface area contributed by atoms with Crippen LogP contribution in [0.1, 0.15) is 46.5 Å². The molecule has 4 aromatic rings. The normalized spacial score (nSPS) is 18.2. The smallest absolute Gasteiger partial charge is 0.271 e. The third kappa shape index (κ3) is 3.21. The van der Waals surface area contributed by atoms with Crippen molar-refractivity contribution in [2.45, 2.75) is 31.3 Å². The van der Waals surface area contributed by atoms with Gasteiger partial charge in [0, 0.05) is 30.9 Å². The predicted octanol–water partition coefficient (Wildman–Crippen LogP) is 2.55. The molecule has 1 aliphatic carbocycles. The minimum absolute atomic E-state index is 0.179. The number of aromatic nitrogens is 6. The zero-order chi connectivity index (χ0) is 20.9. The van der Waals surface area contributed by atoms with E-state index in [0.717, 1.165) is 41.9 Å². The zero-order valence-electron chi connectivity index (χ0n) is 16.5. The van der Waals surface area contributed by atoms with Gasteiger partial charge in [-0.1, -0.05) is 11.6 Å². The molecule has 0 spiro atoms. The number of pyridine rings is 1. The van der Waals surface area contributed by atoms with Gasteiger partial charge in [0.05, 0.1) is 40.6 Å². The topological polar surface area (TPSA) is 104 Å². The van der Waals surface area contributed by atoms with Crippen LogP contribution in [0.2, 0.25) is 5.02 Å². The van der Waals surface area contributed by atoms with Crippen molar-refractivity contribution < 1.29 is 4.79 Å².